The Morgan fingerprint density at radius 1 is 1.35 bits per heavy atom. The molecule has 1 aromatic carbocycles. The van der Waals surface area contributed by atoms with Crippen LogP contribution in [0.25, 0.3) is 0 Å². The number of rotatable bonds is 5. The highest BCUT2D eigenvalue weighted by Crippen LogP contribution is 2.24. The van der Waals surface area contributed by atoms with Gasteiger partial charge in [0.25, 0.3) is 0 Å². The molecular formula is C14H21NO2. The molecule has 0 bridgehead atoms. The molecule has 94 valence electrons. The minimum absolute atomic E-state index is 0.0342. The third-order valence-corrected chi connectivity index (χ3v) is 3.29. The molecule has 0 amide bonds. The first-order chi connectivity index (χ1) is 8.22. The van der Waals surface area contributed by atoms with Gasteiger partial charge in [-0.25, -0.2) is 0 Å². The van der Waals surface area contributed by atoms with Crippen LogP contribution in [-0.2, 0) is 11.3 Å². The quantitative estimate of drug-likeness (QED) is 0.850. The molecule has 1 atom stereocenters. The van der Waals surface area contributed by atoms with Crippen molar-refractivity contribution >= 4 is 0 Å². The third kappa shape index (κ3) is 3.45. The molecule has 0 saturated carbocycles. The van der Waals surface area contributed by atoms with Gasteiger partial charge in [-0.15, -0.1) is 0 Å². The van der Waals surface area contributed by atoms with E-state index in [1.165, 1.54) is 12.0 Å². The van der Waals surface area contributed by atoms with E-state index in [0.29, 0.717) is 0 Å². The van der Waals surface area contributed by atoms with Gasteiger partial charge in [0.15, 0.2) is 0 Å². The van der Waals surface area contributed by atoms with E-state index in [4.69, 9.17) is 9.47 Å². The molecule has 0 radical (unpaired) electrons. The highest BCUT2D eigenvalue weighted by molar-refractivity contribution is 5.27. The number of nitrogens with one attached hydrogen (secondary N) is 1. The van der Waals surface area contributed by atoms with Crippen LogP contribution in [0.3, 0.4) is 0 Å². The van der Waals surface area contributed by atoms with Gasteiger partial charge in [-0.3, -0.25) is 0 Å². The van der Waals surface area contributed by atoms with Gasteiger partial charge in [0, 0.05) is 19.7 Å². The lowest BCUT2D eigenvalue weighted by atomic mass is 10.0. The van der Waals surface area contributed by atoms with Crippen LogP contribution in [0, 0.1) is 0 Å². The second-order valence-electron chi connectivity index (χ2n) is 4.85. The normalized spacial score (nSPS) is 23.9. The zero-order valence-electron chi connectivity index (χ0n) is 10.7. The summed E-state index contributed by atoms with van der Waals surface area (Å²) < 4.78 is 10.9. The lowest BCUT2D eigenvalue weighted by molar-refractivity contribution is 0.0207. The zero-order chi connectivity index (χ0) is 12.1. The molecule has 1 aliphatic heterocycles. The van der Waals surface area contributed by atoms with Crippen LogP contribution < -0.4 is 10.1 Å². The molecule has 1 fully saturated rings. The van der Waals surface area contributed by atoms with Crippen LogP contribution in [0.4, 0.5) is 0 Å². The summed E-state index contributed by atoms with van der Waals surface area (Å²) in [5, 5.41) is 3.46. The van der Waals surface area contributed by atoms with Crippen LogP contribution >= 0.6 is 0 Å². The molecule has 2 rings (SSSR count). The highest BCUT2D eigenvalue weighted by atomic mass is 16.5. The fraction of sp³-hybridized carbons (Fsp3) is 0.571. The molecule has 1 saturated heterocycles. The van der Waals surface area contributed by atoms with Crippen molar-refractivity contribution < 1.29 is 9.47 Å². The van der Waals surface area contributed by atoms with Gasteiger partial charge < -0.3 is 14.8 Å². The van der Waals surface area contributed by atoms with Gasteiger partial charge in [-0.1, -0.05) is 12.1 Å². The van der Waals surface area contributed by atoms with Gasteiger partial charge in [-0.2, -0.15) is 0 Å². The van der Waals surface area contributed by atoms with Crippen molar-refractivity contribution in [2.45, 2.75) is 31.9 Å². The smallest absolute Gasteiger partial charge is 0.118 e. The Balaban J connectivity index is 1.77. The monoisotopic (exact) mass is 235 g/mol. The molecule has 3 nitrogen and oxygen atoms in total. The largest absolute Gasteiger partial charge is 0.497 e. The van der Waals surface area contributed by atoms with Crippen LogP contribution in [0.1, 0.15) is 25.3 Å². The Morgan fingerprint density at radius 3 is 2.71 bits per heavy atom. The molecule has 1 unspecified atom stereocenters. The van der Waals surface area contributed by atoms with E-state index in [1.807, 2.05) is 12.1 Å². The van der Waals surface area contributed by atoms with Crippen LogP contribution in [-0.4, -0.2) is 25.9 Å². The third-order valence-electron chi connectivity index (χ3n) is 3.29. The minimum atomic E-state index is 0.0342. The summed E-state index contributed by atoms with van der Waals surface area (Å²) in [6, 6.07) is 8.16. The molecule has 17 heavy (non-hydrogen) atoms. The van der Waals surface area contributed by atoms with Crippen molar-refractivity contribution in [2.75, 3.05) is 20.3 Å². The maximum atomic E-state index is 5.73. The van der Waals surface area contributed by atoms with E-state index >= 15 is 0 Å². The summed E-state index contributed by atoms with van der Waals surface area (Å²) in [7, 11) is 1.69. The maximum Gasteiger partial charge on any atom is 0.118 e. The molecule has 1 N–H and O–H groups in total. The summed E-state index contributed by atoms with van der Waals surface area (Å²) in [4.78, 5) is 0. The molecule has 1 aliphatic rings. The first-order valence-electron chi connectivity index (χ1n) is 6.19. The zero-order valence-corrected chi connectivity index (χ0v) is 10.7. The molecule has 0 aliphatic carbocycles. The van der Waals surface area contributed by atoms with E-state index < -0.39 is 0 Å². The number of methoxy groups -OCH3 is 1. The summed E-state index contributed by atoms with van der Waals surface area (Å²) in [6.45, 7) is 4.88. The fourth-order valence-corrected chi connectivity index (χ4v) is 2.19. The predicted molar refractivity (Wildman–Crippen MR) is 68.3 cm³/mol. The lowest BCUT2D eigenvalue weighted by Crippen LogP contribution is -2.36. The Kier molecular flexibility index (Phi) is 4.02. The average molecular weight is 235 g/mol. The van der Waals surface area contributed by atoms with E-state index in [0.717, 1.165) is 31.9 Å². The molecule has 0 spiro atoms. The van der Waals surface area contributed by atoms with Crippen LogP contribution in [0.5, 0.6) is 5.75 Å². The molecule has 1 heterocycles. The highest BCUT2D eigenvalue weighted by Gasteiger charge is 2.28. The van der Waals surface area contributed by atoms with Crippen molar-refractivity contribution in [3.05, 3.63) is 29.8 Å². The summed E-state index contributed by atoms with van der Waals surface area (Å²) in [5.74, 6) is 0.903. The lowest BCUT2D eigenvalue weighted by Gasteiger charge is -2.23. The number of hydrogen-bond donors (Lipinski definition) is 1. The minimum Gasteiger partial charge on any atom is -0.497 e. The second-order valence-corrected chi connectivity index (χ2v) is 4.85. The van der Waals surface area contributed by atoms with Crippen molar-refractivity contribution in [3.63, 3.8) is 0 Å². The first kappa shape index (κ1) is 12.4. The molecule has 3 heteroatoms. The maximum absolute atomic E-state index is 5.73. The average Bonchev–Trinajstić information content (AvgIpc) is 2.77. The van der Waals surface area contributed by atoms with E-state index in [9.17, 15) is 0 Å². The number of hydrogen-bond acceptors (Lipinski definition) is 3. The van der Waals surface area contributed by atoms with Gasteiger partial charge in [0.05, 0.1) is 12.7 Å². The van der Waals surface area contributed by atoms with E-state index in [1.54, 1.807) is 7.11 Å². The molecule has 0 aromatic heterocycles. The van der Waals surface area contributed by atoms with Crippen molar-refractivity contribution in [3.8, 4) is 5.75 Å². The van der Waals surface area contributed by atoms with Crippen LogP contribution in [0.2, 0.25) is 0 Å². The van der Waals surface area contributed by atoms with Crippen LogP contribution in [0.15, 0.2) is 24.3 Å². The van der Waals surface area contributed by atoms with Gasteiger partial charge in [-0.05, 0) is 37.5 Å². The molecule has 1 aromatic rings. The summed E-state index contributed by atoms with van der Waals surface area (Å²) in [6.07, 6.45) is 2.34. The standard InChI is InChI=1S/C14H21NO2/c1-14(8-3-9-17-14)11-15-10-12-4-6-13(16-2)7-5-12/h4-7,15H,3,8-11H2,1-2H3. The van der Waals surface area contributed by atoms with E-state index in [2.05, 4.69) is 24.4 Å². The van der Waals surface area contributed by atoms with Crippen molar-refractivity contribution in [1.82, 2.24) is 5.32 Å². The Morgan fingerprint density at radius 2 is 2.12 bits per heavy atom. The Labute approximate surface area is 103 Å². The van der Waals surface area contributed by atoms with Gasteiger partial charge in [0.2, 0.25) is 0 Å². The Hall–Kier alpha value is -1.06. The Bertz CT molecular complexity index is 342. The SMILES string of the molecule is COc1ccc(CNCC2(C)CCCO2)cc1. The number of benzene rings is 1. The van der Waals surface area contributed by atoms with Gasteiger partial charge >= 0.3 is 0 Å². The number of ether oxygens (including phenoxy) is 2. The summed E-state index contributed by atoms with van der Waals surface area (Å²) >= 11 is 0. The first-order valence-corrected chi connectivity index (χ1v) is 6.19. The molecular weight excluding hydrogens is 214 g/mol. The second kappa shape index (κ2) is 5.52. The topological polar surface area (TPSA) is 30.5 Å². The van der Waals surface area contributed by atoms with E-state index in [-0.39, 0.29) is 5.60 Å². The van der Waals surface area contributed by atoms with Crippen molar-refractivity contribution in [2.24, 2.45) is 0 Å². The summed E-state index contributed by atoms with van der Waals surface area (Å²) in [5.41, 5.74) is 1.30. The fourth-order valence-electron chi connectivity index (χ4n) is 2.19. The van der Waals surface area contributed by atoms with Crippen molar-refractivity contribution in [1.29, 1.82) is 0 Å². The van der Waals surface area contributed by atoms with Gasteiger partial charge in [0.1, 0.15) is 5.75 Å². The predicted octanol–water partition coefficient (Wildman–Crippen LogP) is 2.35.